The summed E-state index contributed by atoms with van der Waals surface area (Å²) in [5.74, 6) is 1.35. The van der Waals surface area contributed by atoms with Crippen molar-refractivity contribution in [2.75, 3.05) is 49.3 Å². The fourth-order valence-corrected chi connectivity index (χ4v) is 4.87. The standard InChI is InChI=1S/C24H28O9/c1-27-15-8-12-7-14-11-33-23(25)24(14,26)10-13-9-16(28-2)20(30-4)22(32-6)18(13)17(12)21(31-5)19(15)29-3/h8-9,14,26H,7,10-11H2,1-6H3/t14-,24+/m1/s1. The number of cyclic esters (lactones) is 1. The van der Waals surface area contributed by atoms with Gasteiger partial charge >= 0.3 is 5.97 Å². The van der Waals surface area contributed by atoms with E-state index in [0.29, 0.717) is 57.6 Å². The first-order valence-electron chi connectivity index (χ1n) is 10.4. The maximum atomic E-state index is 12.7. The van der Waals surface area contributed by atoms with Gasteiger partial charge in [-0.05, 0) is 29.7 Å². The van der Waals surface area contributed by atoms with E-state index in [1.54, 1.807) is 13.2 Å². The summed E-state index contributed by atoms with van der Waals surface area (Å²) in [5, 5.41) is 11.5. The van der Waals surface area contributed by atoms with Crippen LogP contribution in [0.1, 0.15) is 11.1 Å². The molecule has 1 N–H and O–H groups in total. The molecule has 0 bridgehead atoms. The number of carbonyl (C=O) groups excluding carboxylic acids is 1. The molecule has 0 amide bonds. The maximum Gasteiger partial charge on any atom is 0.338 e. The highest BCUT2D eigenvalue weighted by Gasteiger charge is 2.53. The monoisotopic (exact) mass is 460 g/mol. The van der Waals surface area contributed by atoms with Crippen LogP contribution in [0.4, 0.5) is 0 Å². The minimum atomic E-state index is -1.71. The fourth-order valence-electron chi connectivity index (χ4n) is 4.87. The van der Waals surface area contributed by atoms with Crippen molar-refractivity contribution in [2.45, 2.75) is 18.4 Å². The molecule has 0 unspecified atom stereocenters. The minimum Gasteiger partial charge on any atom is -0.493 e. The zero-order valence-electron chi connectivity index (χ0n) is 19.6. The molecule has 1 aliphatic carbocycles. The third-order valence-electron chi connectivity index (χ3n) is 6.44. The summed E-state index contributed by atoms with van der Waals surface area (Å²) >= 11 is 0. The van der Waals surface area contributed by atoms with Gasteiger partial charge in [0.15, 0.2) is 28.6 Å². The summed E-state index contributed by atoms with van der Waals surface area (Å²) in [6.45, 7) is 0.102. The van der Waals surface area contributed by atoms with Gasteiger partial charge in [0.25, 0.3) is 0 Å². The Morgan fingerprint density at radius 1 is 0.788 bits per heavy atom. The van der Waals surface area contributed by atoms with Gasteiger partial charge in [0.2, 0.25) is 11.5 Å². The number of esters is 1. The molecule has 1 saturated heterocycles. The van der Waals surface area contributed by atoms with Gasteiger partial charge in [-0.3, -0.25) is 0 Å². The molecule has 0 spiro atoms. The Morgan fingerprint density at radius 2 is 1.27 bits per heavy atom. The highest BCUT2D eigenvalue weighted by atomic mass is 16.6. The fraction of sp³-hybridized carbons (Fsp3) is 0.458. The van der Waals surface area contributed by atoms with Crippen molar-refractivity contribution in [1.82, 2.24) is 0 Å². The molecule has 2 aromatic carbocycles. The largest absolute Gasteiger partial charge is 0.493 e. The van der Waals surface area contributed by atoms with E-state index >= 15 is 0 Å². The van der Waals surface area contributed by atoms with E-state index in [9.17, 15) is 9.90 Å². The first-order chi connectivity index (χ1) is 15.9. The van der Waals surface area contributed by atoms with Crippen LogP contribution in [0.15, 0.2) is 12.1 Å². The number of hydrogen-bond donors (Lipinski definition) is 1. The lowest BCUT2D eigenvalue weighted by Gasteiger charge is -2.32. The van der Waals surface area contributed by atoms with Crippen LogP contribution in [0, 0.1) is 5.92 Å². The van der Waals surface area contributed by atoms with Crippen LogP contribution in [0.25, 0.3) is 11.1 Å². The topological polar surface area (TPSA) is 102 Å². The molecule has 9 heteroatoms. The SMILES string of the molecule is COc1cc2c(c(OC)c1OC)-c1c(cc(OC)c(OC)c1OC)C[C@@]1(O)C(=O)OC[C@H]1C2. The normalized spacial score (nSPS) is 20.9. The molecular formula is C24H28O9. The lowest BCUT2D eigenvalue weighted by atomic mass is 9.74. The van der Waals surface area contributed by atoms with Gasteiger partial charge in [0, 0.05) is 23.5 Å². The second-order valence-electron chi connectivity index (χ2n) is 7.96. The minimum absolute atomic E-state index is 0.000509. The van der Waals surface area contributed by atoms with Crippen molar-refractivity contribution in [3.8, 4) is 45.6 Å². The van der Waals surface area contributed by atoms with Crippen LogP contribution >= 0.6 is 0 Å². The first-order valence-corrected chi connectivity index (χ1v) is 10.4. The van der Waals surface area contributed by atoms with Crippen molar-refractivity contribution in [3.63, 3.8) is 0 Å². The Kier molecular flexibility index (Phi) is 5.92. The summed E-state index contributed by atoms with van der Waals surface area (Å²) in [6.07, 6.45) is 0.338. The van der Waals surface area contributed by atoms with Gasteiger partial charge in [-0.15, -0.1) is 0 Å². The van der Waals surface area contributed by atoms with Gasteiger partial charge in [-0.2, -0.15) is 0 Å². The molecule has 9 nitrogen and oxygen atoms in total. The molecule has 178 valence electrons. The summed E-state index contributed by atoms with van der Waals surface area (Å²) in [5.41, 5.74) is 0.983. The van der Waals surface area contributed by atoms with Crippen LogP contribution in [-0.4, -0.2) is 65.9 Å². The molecule has 0 saturated carbocycles. The molecular weight excluding hydrogens is 432 g/mol. The summed E-state index contributed by atoms with van der Waals surface area (Å²) in [6, 6.07) is 3.56. The van der Waals surface area contributed by atoms with Crippen LogP contribution in [0.2, 0.25) is 0 Å². The lowest BCUT2D eigenvalue weighted by Crippen LogP contribution is -2.44. The molecule has 4 rings (SSSR count). The predicted molar refractivity (Wildman–Crippen MR) is 118 cm³/mol. The number of ether oxygens (including phenoxy) is 7. The van der Waals surface area contributed by atoms with E-state index in [-0.39, 0.29) is 13.0 Å². The Hall–Kier alpha value is -3.33. The van der Waals surface area contributed by atoms with Crippen molar-refractivity contribution in [2.24, 2.45) is 5.92 Å². The van der Waals surface area contributed by atoms with E-state index in [2.05, 4.69) is 0 Å². The molecule has 2 aromatic rings. The van der Waals surface area contributed by atoms with Gasteiger partial charge in [0.1, 0.15) is 0 Å². The van der Waals surface area contributed by atoms with E-state index in [1.165, 1.54) is 35.5 Å². The Balaban J connectivity index is 2.17. The zero-order chi connectivity index (χ0) is 23.9. The number of methoxy groups -OCH3 is 6. The summed E-state index contributed by atoms with van der Waals surface area (Å²) in [4.78, 5) is 12.7. The number of benzene rings is 2. The Labute approximate surface area is 192 Å². The highest BCUT2D eigenvalue weighted by Crippen LogP contribution is 2.56. The first kappa shape index (κ1) is 22.8. The molecule has 1 heterocycles. The zero-order valence-corrected chi connectivity index (χ0v) is 19.6. The van der Waals surface area contributed by atoms with Gasteiger partial charge in [-0.25, -0.2) is 4.79 Å². The quantitative estimate of drug-likeness (QED) is 0.651. The van der Waals surface area contributed by atoms with Crippen molar-refractivity contribution in [1.29, 1.82) is 0 Å². The average Bonchev–Trinajstić information content (AvgIpc) is 3.08. The van der Waals surface area contributed by atoms with E-state index in [1.807, 2.05) is 6.07 Å². The molecule has 2 atom stereocenters. The van der Waals surface area contributed by atoms with Crippen LogP contribution in [0.5, 0.6) is 34.5 Å². The second kappa shape index (κ2) is 8.55. The van der Waals surface area contributed by atoms with Gasteiger partial charge in [-0.1, -0.05) is 0 Å². The van der Waals surface area contributed by atoms with Crippen LogP contribution < -0.4 is 28.4 Å². The molecule has 0 aromatic heterocycles. The van der Waals surface area contributed by atoms with Crippen molar-refractivity contribution >= 4 is 5.97 Å². The number of aliphatic hydroxyl groups is 1. The molecule has 0 radical (unpaired) electrons. The van der Waals surface area contributed by atoms with Gasteiger partial charge in [0.05, 0.1) is 49.3 Å². The Bertz CT molecular complexity index is 1090. The third kappa shape index (κ3) is 3.30. The van der Waals surface area contributed by atoms with Crippen molar-refractivity contribution < 1.29 is 43.1 Å². The van der Waals surface area contributed by atoms with Gasteiger partial charge < -0.3 is 38.3 Å². The number of carbonyl (C=O) groups is 1. The lowest BCUT2D eigenvalue weighted by molar-refractivity contribution is -0.154. The predicted octanol–water partition coefficient (Wildman–Crippen LogP) is 2.41. The molecule has 33 heavy (non-hydrogen) atoms. The number of hydrogen-bond acceptors (Lipinski definition) is 9. The highest BCUT2D eigenvalue weighted by molar-refractivity contribution is 5.90. The van der Waals surface area contributed by atoms with E-state index in [4.69, 9.17) is 33.2 Å². The van der Waals surface area contributed by atoms with Crippen LogP contribution in [0.3, 0.4) is 0 Å². The maximum absolute atomic E-state index is 12.7. The smallest absolute Gasteiger partial charge is 0.338 e. The van der Waals surface area contributed by atoms with Crippen LogP contribution in [-0.2, 0) is 22.4 Å². The van der Waals surface area contributed by atoms with Crippen molar-refractivity contribution in [3.05, 3.63) is 23.3 Å². The van der Waals surface area contributed by atoms with E-state index < -0.39 is 17.5 Å². The number of rotatable bonds is 6. The number of fused-ring (bicyclic) bond motifs is 4. The molecule has 1 fully saturated rings. The summed E-state index contributed by atoms with van der Waals surface area (Å²) in [7, 11) is 9.15. The second-order valence-corrected chi connectivity index (χ2v) is 7.96. The average molecular weight is 460 g/mol. The van der Waals surface area contributed by atoms with E-state index in [0.717, 1.165) is 5.56 Å². The third-order valence-corrected chi connectivity index (χ3v) is 6.44. The molecule has 1 aliphatic heterocycles. The summed E-state index contributed by atoms with van der Waals surface area (Å²) < 4.78 is 39.3. The Morgan fingerprint density at radius 3 is 1.76 bits per heavy atom. The molecule has 2 aliphatic rings.